The highest BCUT2D eigenvalue weighted by atomic mass is 16.6. The molecule has 2 saturated carbocycles. The van der Waals surface area contributed by atoms with E-state index < -0.39 is 0 Å². The lowest BCUT2D eigenvalue weighted by Crippen LogP contribution is -2.51. The summed E-state index contributed by atoms with van der Waals surface area (Å²) in [7, 11) is 0. The van der Waals surface area contributed by atoms with E-state index in [-0.39, 0.29) is 22.9 Å². The molecule has 0 radical (unpaired) electrons. The first-order valence-corrected chi connectivity index (χ1v) is 9.83. The maximum atomic E-state index is 12.0. The minimum absolute atomic E-state index is 0.0297. The average Bonchev–Trinajstić information content (AvgIpc) is 3.10. The third-order valence-corrected chi connectivity index (χ3v) is 8.13. The molecule has 4 aliphatic rings. The summed E-state index contributed by atoms with van der Waals surface area (Å²) in [5, 5.41) is 0. The largest absolute Gasteiger partial charge is 0.462 e. The van der Waals surface area contributed by atoms with Gasteiger partial charge in [0.15, 0.2) is 0 Å². The first-order chi connectivity index (χ1) is 12.0. The molecule has 132 valence electrons. The van der Waals surface area contributed by atoms with Gasteiger partial charge in [-0.2, -0.15) is 0 Å². The molecule has 1 aliphatic heterocycles. The van der Waals surface area contributed by atoms with E-state index in [4.69, 9.17) is 4.74 Å². The zero-order chi connectivity index (χ0) is 17.2. The Morgan fingerprint density at radius 1 is 1.20 bits per heavy atom. The van der Waals surface area contributed by atoms with E-state index in [0.29, 0.717) is 18.3 Å². The quantitative estimate of drug-likeness (QED) is 0.701. The second kappa shape index (κ2) is 5.18. The molecular formula is C22H27NO2. The van der Waals surface area contributed by atoms with Crippen molar-refractivity contribution in [3.05, 3.63) is 36.2 Å². The van der Waals surface area contributed by atoms with E-state index in [1.54, 1.807) is 0 Å². The minimum Gasteiger partial charge on any atom is -0.462 e. The van der Waals surface area contributed by atoms with Crippen LogP contribution in [0, 0.1) is 28.6 Å². The van der Waals surface area contributed by atoms with Crippen molar-refractivity contribution in [2.45, 2.75) is 58.5 Å². The number of hydrogen-bond acceptors (Lipinski definition) is 3. The summed E-state index contributed by atoms with van der Waals surface area (Å²) in [6.45, 7) is 4.80. The Morgan fingerprint density at radius 2 is 2.08 bits per heavy atom. The maximum Gasteiger partial charge on any atom is 0.306 e. The number of esters is 1. The zero-order valence-electron chi connectivity index (χ0n) is 15.2. The van der Waals surface area contributed by atoms with Gasteiger partial charge in [0.05, 0.1) is 6.42 Å². The van der Waals surface area contributed by atoms with Gasteiger partial charge in [0.25, 0.3) is 0 Å². The number of aromatic nitrogens is 1. The van der Waals surface area contributed by atoms with Crippen LogP contribution in [0.3, 0.4) is 0 Å². The van der Waals surface area contributed by atoms with Gasteiger partial charge in [-0.05, 0) is 72.5 Å². The molecule has 2 heterocycles. The van der Waals surface area contributed by atoms with Crippen LogP contribution in [-0.4, -0.2) is 17.1 Å². The Hall–Kier alpha value is -1.64. The van der Waals surface area contributed by atoms with Crippen molar-refractivity contribution in [1.29, 1.82) is 0 Å². The van der Waals surface area contributed by atoms with Crippen LogP contribution < -0.4 is 0 Å². The SMILES string of the molecule is CC12CCC3C(CCC4OC(=O)CC43C)C1CC=C2c1cccnc1. The molecule has 1 saturated heterocycles. The van der Waals surface area contributed by atoms with Gasteiger partial charge in [0.2, 0.25) is 0 Å². The van der Waals surface area contributed by atoms with Crippen molar-refractivity contribution >= 4 is 11.5 Å². The first-order valence-electron chi connectivity index (χ1n) is 9.83. The number of allylic oxidation sites excluding steroid dienone is 2. The van der Waals surface area contributed by atoms with Crippen LogP contribution in [0.5, 0.6) is 0 Å². The summed E-state index contributed by atoms with van der Waals surface area (Å²) in [6, 6.07) is 4.26. The van der Waals surface area contributed by atoms with E-state index in [0.717, 1.165) is 12.3 Å². The van der Waals surface area contributed by atoms with Crippen molar-refractivity contribution in [3.8, 4) is 0 Å². The van der Waals surface area contributed by atoms with Crippen molar-refractivity contribution in [1.82, 2.24) is 4.98 Å². The van der Waals surface area contributed by atoms with Crippen molar-refractivity contribution < 1.29 is 9.53 Å². The predicted octanol–water partition coefficient (Wildman–Crippen LogP) is 4.63. The van der Waals surface area contributed by atoms with Gasteiger partial charge in [-0.15, -0.1) is 0 Å². The van der Waals surface area contributed by atoms with Crippen LogP contribution in [-0.2, 0) is 9.53 Å². The van der Waals surface area contributed by atoms with Gasteiger partial charge < -0.3 is 4.74 Å². The van der Waals surface area contributed by atoms with Crippen LogP contribution in [0.1, 0.15) is 57.9 Å². The lowest BCUT2D eigenvalue weighted by atomic mass is 9.48. The highest BCUT2D eigenvalue weighted by Gasteiger charge is 2.61. The highest BCUT2D eigenvalue weighted by Crippen LogP contribution is 2.66. The van der Waals surface area contributed by atoms with E-state index in [9.17, 15) is 4.79 Å². The molecule has 3 heteroatoms. The molecule has 1 aromatic heterocycles. The topological polar surface area (TPSA) is 39.2 Å². The van der Waals surface area contributed by atoms with Crippen molar-refractivity contribution in [2.24, 2.45) is 28.6 Å². The lowest BCUT2D eigenvalue weighted by molar-refractivity contribution is -0.144. The molecular weight excluding hydrogens is 310 g/mol. The fraction of sp³-hybridized carbons (Fsp3) is 0.636. The van der Waals surface area contributed by atoms with Crippen LogP contribution in [0.4, 0.5) is 0 Å². The van der Waals surface area contributed by atoms with E-state index in [2.05, 4.69) is 31.0 Å². The number of carbonyl (C=O) groups is 1. The second-order valence-electron chi connectivity index (χ2n) is 9.17. The number of ether oxygens (including phenoxy) is 1. The highest BCUT2D eigenvalue weighted by molar-refractivity contribution is 5.74. The number of carbonyl (C=O) groups excluding carboxylic acids is 1. The molecule has 0 N–H and O–H groups in total. The van der Waals surface area contributed by atoms with Crippen LogP contribution in [0.15, 0.2) is 30.6 Å². The second-order valence-corrected chi connectivity index (χ2v) is 9.17. The smallest absolute Gasteiger partial charge is 0.306 e. The van der Waals surface area contributed by atoms with Crippen molar-refractivity contribution in [3.63, 3.8) is 0 Å². The first kappa shape index (κ1) is 15.6. The molecule has 3 aliphatic carbocycles. The van der Waals surface area contributed by atoms with Crippen LogP contribution in [0.2, 0.25) is 0 Å². The molecule has 6 unspecified atom stereocenters. The zero-order valence-corrected chi connectivity index (χ0v) is 15.2. The van der Waals surface area contributed by atoms with Gasteiger partial charge in [-0.1, -0.05) is 26.0 Å². The summed E-state index contributed by atoms with van der Waals surface area (Å²) in [5.41, 5.74) is 3.13. The summed E-state index contributed by atoms with van der Waals surface area (Å²) in [5.74, 6) is 2.09. The lowest BCUT2D eigenvalue weighted by Gasteiger charge is -2.56. The third-order valence-electron chi connectivity index (χ3n) is 8.13. The van der Waals surface area contributed by atoms with Gasteiger partial charge in [0.1, 0.15) is 6.10 Å². The minimum atomic E-state index is 0.0297. The summed E-state index contributed by atoms with van der Waals surface area (Å²) in [4.78, 5) is 16.3. The van der Waals surface area contributed by atoms with Crippen molar-refractivity contribution in [2.75, 3.05) is 0 Å². The predicted molar refractivity (Wildman–Crippen MR) is 96.5 cm³/mol. The van der Waals surface area contributed by atoms with Crippen LogP contribution >= 0.6 is 0 Å². The summed E-state index contributed by atoms with van der Waals surface area (Å²) >= 11 is 0. The normalized spacial score (nSPS) is 45.2. The average molecular weight is 337 g/mol. The Bertz CT molecular complexity index is 742. The molecule has 25 heavy (non-hydrogen) atoms. The number of fused-ring (bicyclic) bond motifs is 5. The summed E-state index contributed by atoms with van der Waals surface area (Å²) < 4.78 is 5.68. The molecule has 0 amide bonds. The van der Waals surface area contributed by atoms with Gasteiger partial charge in [-0.25, -0.2) is 0 Å². The Kier molecular flexibility index (Phi) is 3.24. The molecule has 1 aromatic rings. The number of nitrogens with zero attached hydrogens (tertiary/aromatic N) is 1. The standard InChI is InChI=1S/C22H27NO2/c1-21-10-9-18-15(5-8-19-22(18,2)12-20(24)25-19)17(21)7-6-16(21)14-4-3-11-23-13-14/h3-4,6,11,13,15,17-19H,5,7-10,12H2,1-2H3. The fourth-order valence-corrected chi connectivity index (χ4v) is 6.91. The molecule has 0 bridgehead atoms. The molecule has 3 fully saturated rings. The molecule has 5 rings (SSSR count). The Morgan fingerprint density at radius 3 is 2.88 bits per heavy atom. The Balaban J connectivity index is 1.47. The molecule has 6 atom stereocenters. The monoisotopic (exact) mass is 337 g/mol. The van der Waals surface area contributed by atoms with E-state index in [1.165, 1.54) is 36.8 Å². The fourth-order valence-electron chi connectivity index (χ4n) is 6.91. The number of rotatable bonds is 1. The Labute approximate surface area is 149 Å². The van der Waals surface area contributed by atoms with Gasteiger partial charge >= 0.3 is 5.97 Å². The van der Waals surface area contributed by atoms with Gasteiger partial charge in [-0.3, -0.25) is 9.78 Å². The maximum absolute atomic E-state index is 12.0. The molecule has 0 aromatic carbocycles. The van der Waals surface area contributed by atoms with Gasteiger partial charge in [0, 0.05) is 17.8 Å². The number of pyridine rings is 1. The molecule has 0 spiro atoms. The molecule has 3 nitrogen and oxygen atoms in total. The van der Waals surface area contributed by atoms with Crippen LogP contribution in [0.25, 0.3) is 5.57 Å². The van der Waals surface area contributed by atoms with E-state index >= 15 is 0 Å². The number of hydrogen-bond donors (Lipinski definition) is 0. The van der Waals surface area contributed by atoms with E-state index in [1.807, 2.05) is 18.5 Å². The summed E-state index contributed by atoms with van der Waals surface area (Å²) in [6.07, 6.45) is 13.0. The third kappa shape index (κ3) is 2.04.